The molecule has 120 valence electrons. The fourth-order valence-corrected chi connectivity index (χ4v) is 2.72. The number of aliphatic imine (C=N–C) groups is 1. The Morgan fingerprint density at radius 3 is 2.70 bits per heavy atom. The van der Waals surface area contributed by atoms with E-state index >= 15 is 0 Å². The molecule has 0 aromatic rings. The van der Waals surface area contributed by atoms with E-state index in [0.29, 0.717) is 0 Å². The van der Waals surface area contributed by atoms with Gasteiger partial charge in [0.15, 0.2) is 5.96 Å². The van der Waals surface area contributed by atoms with Gasteiger partial charge in [0, 0.05) is 33.7 Å². The van der Waals surface area contributed by atoms with Crippen LogP contribution in [0.3, 0.4) is 0 Å². The molecule has 1 fully saturated rings. The SMILES string of the molecule is CCCCN(C)C(=NC)NCC1CCN(CCC)C1.I. The molecule has 20 heavy (non-hydrogen) atoms. The molecular formula is C15H33IN4. The number of nitrogens with one attached hydrogen (secondary N) is 1. The highest BCUT2D eigenvalue weighted by Crippen LogP contribution is 2.15. The lowest BCUT2D eigenvalue weighted by Gasteiger charge is -2.23. The van der Waals surface area contributed by atoms with E-state index in [9.17, 15) is 0 Å². The second kappa shape index (κ2) is 11.6. The molecule has 1 heterocycles. The number of hydrogen-bond acceptors (Lipinski definition) is 2. The molecule has 0 aromatic carbocycles. The van der Waals surface area contributed by atoms with Crippen LogP contribution in [-0.4, -0.2) is 62.6 Å². The lowest BCUT2D eigenvalue weighted by atomic mass is 10.1. The summed E-state index contributed by atoms with van der Waals surface area (Å²) < 4.78 is 0. The topological polar surface area (TPSA) is 30.9 Å². The Morgan fingerprint density at radius 1 is 1.35 bits per heavy atom. The van der Waals surface area contributed by atoms with Crippen molar-refractivity contribution in [3.63, 3.8) is 0 Å². The van der Waals surface area contributed by atoms with Gasteiger partial charge in [0.2, 0.25) is 0 Å². The van der Waals surface area contributed by atoms with Gasteiger partial charge in [-0.1, -0.05) is 20.3 Å². The molecule has 5 heteroatoms. The predicted molar refractivity (Wildman–Crippen MR) is 99.2 cm³/mol. The van der Waals surface area contributed by atoms with E-state index in [0.717, 1.165) is 25.0 Å². The fourth-order valence-electron chi connectivity index (χ4n) is 2.72. The highest BCUT2D eigenvalue weighted by molar-refractivity contribution is 14.0. The molecule has 0 amide bonds. The van der Waals surface area contributed by atoms with Crippen LogP contribution in [0.25, 0.3) is 0 Å². The third-order valence-electron chi connectivity index (χ3n) is 3.88. The molecular weight excluding hydrogens is 363 g/mol. The summed E-state index contributed by atoms with van der Waals surface area (Å²) in [6.45, 7) is 10.4. The Morgan fingerprint density at radius 2 is 2.10 bits per heavy atom. The molecule has 0 bridgehead atoms. The summed E-state index contributed by atoms with van der Waals surface area (Å²) in [5.41, 5.74) is 0. The van der Waals surface area contributed by atoms with Gasteiger partial charge in [-0.05, 0) is 38.3 Å². The average Bonchev–Trinajstić information content (AvgIpc) is 2.85. The molecule has 0 spiro atoms. The number of likely N-dealkylation sites (tertiary alicyclic amines) is 1. The minimum absolute atomic E-state index is 0. The Hall–Kier alpha value is -0.0400. The second-order valence-electron chi connectivity index (χ2n) is 5.66. The van der Waals surface area contributed by atoms with Gasteiger partial charge in [-0.3, -0.25) is 4.99 Å². The fraction of sp³-hybridized carbons (Fsp3) is 0.933. The molecule has 1 aliphatic rings. The summed E-state index contributed by atoms with van der Waals surface area (Å²) in [6.07, 6.45) is 5.05. The van der Waals surface area contributed by atoms with Crippen LogP contribution in [0.5, 0.6) is 0 Å². The summed E-state index contributed by atoms with van der Waals surface area (Å²) in [5, 5.41) is 3.53. The molecule has 1 unspecified atom stereocenters. The Labute approximate surface area is 142 Å². The van der Waals surface area contributed by atoms with Crippen LogP contribution in [0.4, 0.5) is 0 Å². The van der Waals surface area contributed by atoms with Crippen LogP contribution >= 0.6 is 24.0 Å². The van der Waals surface area contributed by atoms with Crippen molar-refractivity contribution in [2.75, 3.05) is 46.8 Å². The van der Waals surface area contributed by atoms with Gasteiger partial charge in [0.25, 0.3) is 0 Å². The largest absolute Gasteiger partial charge is 0.356 e. The van der Waals surface area contributed by atoms with E-state index in [2.05, 4.69) is 41.0 Å². The molecule has 1 saturated heterocycles. The van der Waals surface area contributed by atoms with Crippen LogP contribution in [0, 0.1) is 5.92 Å². The smallest absolute Gasteiger partial charge is 0.193 e. The lowest BCUT2D eigenvalue weighted by Crippen LogP contribution is -2.41. The van der Waals surface area contributed by atoms with Crippen molar-refractivity contribution in [1.82, 2.24) is 15.1 Å². The first-order valence-corrected chi connectivity index (χ1v) is 7.85. The van der Waals surface area contributed by atoms with Gasteiger partial charge in [-0.25, -0.2) is 0 Å². The van der Waals surface area contributed by atoms with Crippen LogP contribution in [0.1, 0.15) is 39.5 Å². The van der Waals surface area contributed by atoms with Gasteiger partial charge in [-0.15, -0.1) is 24.0 Å². The summed E-state index contributed by atoms with van der Waals surface area (Å²) >= 11 is 0. The Bertz CT molecular complexity index is 271. The third kappa shape index (κ3) is 7.11. The predicted octanol–water partition coefficient (Wildman–Crippen LogP) is 2.64. The van der Waals surface area contributed by atoms with Crippen LogP contribution in [0.15, 0.2) is 4.99 Å². The Balaban J connectivity index is 0.00000361. The van der Waals surface area contributed by atoms with E-state index in [1.165, 1.54) is 45.3 Å². The van der Waals surface area contributed by atoms with Crippen molar-refractivity contribution >= 4 is 29.9 Å². The molecule has 0 aromatic heterocycles. The highest BCUT2D eigenvalue weighted by Gasteiger charge is 2.21. The zero-order valence-corrected chi connectivity index (χ0v) is 16.0. The monoisotopic (exact) mass is 396 g/mol. The van der Waals surface area contributed by atoms with Gasteiger partial charge < -0.3 is 15.1 Å². The van der Waals surface area contributed by atoms with Crippen LogP contribution < -0.4 is 5.32 Å². The number of halogens is 1. The molecule has 1 aliphatic heterocycles. The number of hydrogen-bond donors (Lipinski definition) is 1. The summed E-state index contributed by atoms with van der Waals surface area (Å²) in [5.74, 6) is 1.82. The summed E-state index contributed by atoms with van der Waals surface area (Å²) in [7, 11) is 4.01. The number of guanidine groups is 1. The van der Waals surface area contributed by atoms with Crippen molar-refractivity contribution in [3.8, 4) is 0 Å². The van der Waals surface area contributed by atoms with Crippen molar-refractivity contribution in [3.05, 3.63) is 0 Å². The molecule has 4 nitrogen and oxygen atoms in total. The maximum atomic E-state index is 4.38. The molecule has 0 radical (unpaired) electrons. The molecule has 1 rings (SSSR count). The van der Waals surface area contributed by atoms with Crippen molar-refractivity contribution in [1.29, 1.82) is 0 Å². The van der Waals surface area contributed by atoms with Gasteiger partial charge in [0.05, 0.1) is 0 Å². The lowest BCUT2D eigenvalue weighted by molar-refractivity contribution is 0.324. The van der Waals surface area contributed by atoms with Gasteiger partial charge in [-0.2, -0.15) is 0 Å². The van der Waals surface area contributed by atoms with Crippen molar-refractivity contribution in [2.24, 2.45) is 10.9 Å². The zero-order valence-electron chi connectivity index (χ0n) is 13.7. The number of nitrogens with zero attached hydrogens (tertiary/aromatic N) is 3. The minimum Gasteiger partial charge on any atom is -0.356 e. The molecule has 0 saturated carbocycles. The molecule has 1 N–H and O–H groups in total. The van der Waals surface area contributed by atoms with E-state index in [1.54, 1.807) is 0 Å². The average molecular weight is 396 g/mol. The maximum absolute atomic E-state index is 4.38. The number of rotatable bonds is 7. The summed E-state index contributed by atoms with van der Waals surface area (Å²) in [4.78, 5) is 9.19. The molecule has 1 atom stereocenters. The van der Waals surface area contributed by atoms with Gasteiger partial charge >= 0.3 is 0 Å². The van der Waals surface area contributed by atoms with Crippen LogP contribution in [0.2, 0.25) is 0 Å². The van der Waals surface area contributed by atoms with E-state index in [1.807, 2.05) is 7.05 Å². The zero-order chi connectivity index (χ0) is 14.1. The summed E-state index contributed by atoms with van der Waals surface area (Å²) in [6, 6.07) is 0. The third-order valence-corrected chi connectivity index (χ3v) is 3.88. The highest BCUT2D eigenvalue weighted by atomic mass is 127. The maximum Gasteiger partial charge on any atom is 0.193 e. The first-order chi connectivity index (χ1) is 9.21. The van der Waals surface area contributed by atoms with Gasteiger partial charge in [0.1, 0.15) is 0 Å². The van der Waals surface area contributed by atoms with E-state index < -0.39 is 0 Å². The first kappa shape index (κ1) is 20.0. The minimum atomic E-state index is 0. The Kier molecular flexibility index (Phi) is 11.6. The molecule has 0 aliphatic carbocycles. The van der Waals surface area contributed by atoms with Crippen molar-refractivity contribution < 1.29 is 0 Å². The number of unbranched alkanes of at least 4 members (excludes halogenated alkanes) is 1. The second-order valence-corrected chi connectivity index (χ2v) is 5.66. The van der Waals surface area contributed by atoms with Crippen LogP contribution in [-0.2, 0) is 0 Å². The first-order valence-electron chi connectivity index (χ1n) is 7.85. The standard InChI is InChI=1S/C15H32N4.HI/c1-5-7-10-18(4)15(16-3)17-12-14-8-11-19(13-14)9-6-2;/h14H,5-13H2,1-4H3,(H,16,17);1H. The normalized spacial score (nSPS) is 19.8. The van der Waals surface area contributed by atoms with E-state index in [4.69, 9.17) is 0 Å². The van der Waals surface area contributed by atoms with E-state index in [-0.39, 0.29) is 24.0 Å². The van der Waals surface area contributed by atoms with Crippen molar-refractivity contribution in [2.45, 2.75) is 39.5 Å². The quantitative estimate of drug-likeness (QED) is 0.408.